The molecule has 3 rings (SSSR count). The smallest absolute Gasteiger partial charge is 0.309 e. The Kier molecular flexibility index (Phi) is 10.9. The van der Waals surface area contributed by atoms with Gasteiger partial charge in [-0.1, -0.05) is 58.3 Å². The molecule has 0 fully saturated rings. The molecule has 0 saturated carbocycles. The third-order valence-corrected chi connectivity index (χ3v) is 8.22. The number of ketones is 1. The van der Waals surface area contributed by atoms with Gasteiger partial charge in [-0.3, -0.25) is 9.59 Å². The van der Waals surface area contributed by atoms with Gasteiger partial charge < -0.3 is 25.1 Å². The number of oxazole rings is 1. The van der Waals surface area contributed by atoms with Gasteiger partial charge in [-0.2, -0.15) is 0 Å². The molecule has 0 radical (unpaired) electrons. The number of esters is 1. The van der Waals surface area contributed by atoms with Gasteiger partial charge in [-0.15, -0.1) is 0 Å². The molecule has 1 aromatic carbocycles. The highest BCUT2D eigenvalue weighted by molar-refractivity contribution is 5.88. The van der Waals surface area contributed by atoms with E-state index in [1.165, 1.54) is 0 Å². The summed E-state index contributed by atoms with van der Waals surface area (Å²) in [6.07, 6.45) is 4.35. The maximum Gasteiger partial charge on any atom is 0.309 e. The van der Waals surface area contributed by atoms with Gasteiger partial charge in [0.15, 0.2) is 5.58 Å². The predicted molar refractivity (Wildman–Crippen MR) is 151 cm³/mol. The second kappa shape index (κ2) is 13.7. The molecule has 2 aromatic rings. The summed E-state index contributed by atoms with van der Waals surface area (Å²) in [6.45, 7) is 9.59. The first-order valence-electron chi connectivity index (χ1n) is 14.3. The zero-order chi connectivity index (χ0) is 28.7. The van der Waals surface area contributed by atoms with Crippen molar-refractivity contribution in [3.8, 4) is 0 Å². The van der Waals surface area contributed by atoms with E-state index in [0.29, 0.717) is 29.8 Å². The van der Waals surface area contributed by atoms with Crippen molar-refractivity contribution in [2.75, 3.05) is 0 Å². The van der Waals surface area contributed by atoms with Gasteiger partial charge in [0, 0.05) is 12.3 Å². The Morgan fingerprint density at radius 1 is 1.21 bits per heavy atom. The largest absolute Gasteiger partial charge is 0.457 e. The van der Waals surface area contributed by atoms with E-state index in [2.05, 4.69) is 24.9 Å². The molecule has 4 N–H and O–H groups in total. The molecule has 0 aliphatic carbocycles. The number of allylic oxidation sites excluding steroid dienone is 1. The van der Waals surface area contributed by atoms with Crippen LogP contribution in [-0.2, 0) is 20.9 Å². The molecule has 5 unspecified atom stereocenters. The molecule has 0 saturated heterocycles. The van der Waals surface area contributed by atoms with Crippen LogP contribution >= 0.6 is 0 Å². The number of nitrogens with two attached hydrogens (primary N) is 1. The lowest BCUT2D eigenvalue weighted by Gasteiger charge is -2.36. The fourth-order valence-electron chi connectivity index (χ4n) is 5.36. The maximum atomic E-state index is 13.7. The average Bonchev–Trinajstić information content (AvgIpc) is 3.32. The Bertz CT molecular complexity index is 1150. The summed E-state index contributed by atoms with van der Waals surface area (Å²) in [5.74, 6) is -1.02. The van der Waals surface area contributed by atoms with Crippen molar-refractivity contribution in [3.05, 3.63) is 41.3 Å². The molecule has 0 spiro atoms. The number of carbonyl (C=O) groups excluding carboxylic acids is 2. The van der Waals surface area contributed by atoms with Crippen molar-refractivity contribution < 1.29 is 29.0 Å². The van der Waals surface area contributed by atoms with Gasteiger partial charge in [0.2, 0.25) is 5.89 Å². The van der Waals surface area contributed by atoms with Crippen LogP contribution in [0.2, 0.25) is 0 Å². The van der Waals surface area contributed by atoms with Gasteiger partial charge >= 0.3 is 5.97 Å². The summed E-state index contributed by atoms with van der Waals surface area (Å²) in [7, 11) is 0. The predicted octanol–water partition coefficient (Wildman–Crippen LogP) is 5.54. The van der Waals surface area contributed by atoms with Crippen molar-refractivity contribution in [3.63, 3.8) is 0 Å². The molecule has 39 heavy (non-hydrogen) atoms. The van der Waals surface area contributed by atoms with Crippen LogP contribution in [-0.4, -0.2) is 39.2 Å². The Balaban J connectivity index is 1.92. The topological polar surface area (TPSA) is 136 Å². The molecular weight excluding hydrogens is 496 g/mol. The Morgan fingerprint density at radius 3 is 2.64 bits per heavy atom. The number of aliphatic hydroxyl groups is 2. The maximum absolute atomic E-state index is 13.7. The third-order valence-electron chi connectivity index (χ3n) is 8.22. The zero-order valence-corrected chi connectivity index (χ0v) is 24.1. The zero-order valence-electron chi connectivity index (χ0n) is 24.1. The molecule has 216 valence electrons. The molecule has 0 amide bonds. The minimum Gasteiger partial charge on any atom is -0.457 e. The lowest BCUT2D eigenvalue weighted by molar-refractivity contribution is -0.156. The number of ether oxygens (including phenoxy) is 1. The van der Waals surface area contributed by atoms with Crippen LogP contribution in [0.25, 0.3) is 11.1 Å². The number of carbonyl (C=O) groups is 2. The van der Waals surface area contributed by atoms with Crippen molar-refractivity contribution in [2.45, 2.75) is 111 Å². The van der Waals surface area contributed by atoms with E-state index < -0.39 is 35.6 Å². The molecule has 5 atom stereocenters. The summed E-state index contributed by atoms with van der Waals surface area (Å²) in [5.41, 5.74) is 7.61. The number of aliphatic hydroxyl groups excluding tert-OH is 2. The summed E-state index contributed by atoms with van der Waals surface area (Å²) < 4.78 is 11.5. The number of aromatic nitrogens is 1. The van der Waals surface area contributed by atoms with Crippen LogP contribution in [0.4, 0.5) is 0 Å². The lowest BCUT2D eigenvalue weighted by atomic mass is 9.71. The third kappa shape index (κ3) is 7.77. The van der Waals surface area contributed by atoms with Gasteiger partial charge in [0.25, 0.3) is 0 Å². The number of rotatable bonds is 5. The fourth-order valence-corrected chi connectivity index (χ4v) is 5.36. The molecule has 8 heteroatoms. The van der Waals surface area contributed by atoms with E-state index in [0.717, 1.165) is 43.2 Å². The summed E-state index contributed by atoms with van der Waals surface area (Å²) in [5, 5.41) is 22.3. The van der Waals surface area contributed by atoms with E-state index in [-0.39, 0.29) is 24.7 Å². The highest BCUT2D eigenvalue weighted by atomic mass is 16.5. The summed E-state index contributed by atoms with van der Waals surface area (Å²) >= 11 is 0. The molecule has 1 aliphatic heterocycles. The van der Waals surface area contributed by atoms with Gasteiger partial charge in [-0.25, -0.2) is 4.98 Å². The Morgan fingerprint density at radius 2 is 1.95 bits per heavy atom. The highest BCUT2D eigenvalue weighted by Crippen LogP contribution is 2.35. The molecule has 1 aromatic heterocycles. The number of benzene rings is 1. The standard InChI is InChI=1S/C31H46N2O6/c1-6-7-11-22-29(36)20(3)10-8-9-19(2)12-14-24(39-28(35)17-26(34)31(4,5)30(22)37)21-13-15-25-23(16-21)33-27(18-32)38-25/h12-13,15-16,20,22,24,26,29,34,36H,6-11,14,17-18,32H2,1-5H3. The van der Waals surface area contributed by atoms with Crippen molar-refractivity contribution in [2.24, 2.45) is 23.0 Å². The average molecular weight is 543 g/mol. The molecular formula is C31H46N2O6. The first kappa shape index (κ1) is 31.0. The summed E-state index contributed by atoms with van der Waals surface area (Å²) in [4.78, 5) is 31.2. The number of hydrogen-bond acceptors (Lipinski definition) is 8. The molecule has 1 aliphatic rings. The molecule has 2 heterocycles. The number of fused-ring (bicyclic) bond motifs is 1. The van der Waals surface area contributed by atoms with E-state index in [1.54, 1.807) is 19.9 Å². The fraction of sp³-hybridized carbons (Fsp3) is 0.645. The second-order valence-electron chi connectivity index (χ2n) is 11.7. The number of Topliss-reactive ketones (excluding diaryl/α,β-unsaturated/α-hetero) is 1. The van der Waals surface area contributed by atoms with Gasteiger partial charge in [0.05, 0.1) is 30.6 Å². The summed E-state index contributed by atoms with van der Waals surface area (Å²) in [6, 6.07) is 5.47. The number of unbranched alkanes of at least 4 members (excludes halogenated alkanes) is 1. The van der Waals surface area contributed by atoms with Crippen LogP contribution < -0.4 is 5.73 Å². The van der Waals surface area contributed by atoms with E-state index in [4.69, 9.17) is 14.9 Å². The lowest BCUT2D eigenvalue weighted by Crippen LogP contribution is -2.46. The SMILES string of the molecule is CCCCC1C(=O)C(C)(C)C(O)CC(=O)OC(c2ccc3oc(CN)nc3c2)CC=C(C)CCCC(C)C1O. The minimum absolute atomic E-state index is 0.0604. The first-order chi connectivity index (χ1) is 18.5. The van der Waals surface area contributed by atoms with Gasteiger partial charge in [-0.05, 0) is 56.2 Å². The van der Waals surface area contributed by atoms with Crippen LogP contribution in [0, 0.1) is 17.3 Å². The molecule has 0 bridgehead atoms. The number of nitrogens with zero attached hydrogens (tertiary/aromatic N) is 1. The normalized spacial score (nSPS) is 27.8. The minimum atomic E-state index is -1.25. The van der Waals surface area contributed by atoms with Crippen LogP contribution in [0.3, 0.4) is 0 Å². The van der Waals surface area contributed by atoms with Crippen LogP contribution in [0.1, 0.15) is 104 Å². The van der Waals surface area contributed by atoms with Crippen molar-refractivity contribution in [1.29, 1.82) is 0 Å². The van der Waals surface area contributed by atoms with E-state index in [9.17, 15) is 19.8 Å². The van der Waals surface area contributed by atoms with Crippen molar-refractivity contribution >= 4 is 22.9 Å². The molecule has 8 nitrogen and oxygen atoms in total. The number of hydrogen-bond donors (Lipinski definition) is 3. The van der Waals surface area contributed by atoms with E-state index >= 15 is 0 Å². The highest BCUT2D eigenvalue weighted by Gasteiger charge is 2.43. The van der Waals surface area contributed by atoms with Crippen LogP contribution in [0.15, 0.2) is 34.3 Å². The Labute approximate surface area is 232 Å². The Hall–Kier alpha value is -2.55. The van der Waals surface area contributed by atoms with Crippen molar-refractivity contribution in [1.82, 2.24) is 4.98 Å². The van der Waals surface area contributed by atoms with Crippen LogP contribution in [0.5, 0.6) is 0 Å². The monoisotopic (exact) mass is 542 g/mol. The van der Waals surface area contributed by atoms with Gasteiger partial charge in [0.1, 0.15) is 17.4 Å². The number of cyclic esters (lactones) is 1. The quantitative estimate of drug-likeness (QED) is 0.331. The van der Waals surface area contributed by atoms with E-state index in [1.807, 2.05) is 19.1 Å². The second-order valence-corrected chi connectivity index (χ2v) is 11.7. The first-order valence-corrected chi connectivity index (χ1v) is 14.3.